The molecule has 1 aliphatic rings. The number of halogens is 1. The summed E-state index contributed by atoms with van der Waals surface area (Å²) in [6.45, 7) is 0. The third kappa shape index (κ3) is 2.59. The summed E-state index contributed by atoms with van der Waals surface area (Å²) in [4.78, 5) is 4.50. The zero-order valence-corrected chi connectivity index (χ0v) is 12.2. The second kappa shape index (κ2) is 5.21. The van der Waals surface area contributed by atoms with Gasteiger partial charge in [-0.3, -0.25) is 4.98 Å². The van der Waals surface area contributed by atoms with Gasteiger partial charge in [0.1, 0.15) is 0 Å². The fourth-order valence-corrected chi connectivity index (χ4v) is 2.81. The van der Waals surface area contributed by atoms with E-state index in [0.717, 1.165) is 39.6 Å². The molecule has 3 rings (SSSR count). The van der Waals surface area contributed by atoms with Crippen LogP contribution in [0, 0.1) is 0 Å². The molecule has 0 radical (unpaired) electrons. The number of anilines is 2. The lowest BCUT2D eigenvalue weighted by atomic mass is 10.0. The van der Waals surface area contributed by atoms with E-state index in [1.54, 1.807) is 0 Å². The number of nitrogens with zero attached hydrogens (tertiary/aromatic N) is 1. The molecular formula is C15H16BrN3. The van der Waals surface area contributed by atoms with Crippen LogP contribution in [0.1, 0.15) is 19.3 Å². The highest BCUT2D eigenvalue weighted by Crippen LogP contribution is 2.30. The molecule has 4 heteroatoms. The van der Waals surface area contributed by atoms with Crippen LogP contribution in [0.25, 0.3) is 10.9 Å². The molecule has 19 heavy (non-hydrogen) atoms. The van der Waals surface area contributed by atoms with E-state index in [-0.39, 0.29) is 0 Å². The minimum Gasteiger partial charge on any atom is -0.398 e. The highest BCUT2D eigenvalue weighted by molar-refractivity contribution is 9.10. The van der Waals surface area contributed by atoms with E-state index in [1.165, 1.54) is 6.42 Å². The summed E-state index contributed by atoms with van der Waals surface area (Å²) < 4.78 is 0.949. The number of fused-ring (bicyclic) bond motifs is 1. The van der Waals surface area contributed by atoms with Crippen molar-refractivity contribution in [1.82, 2.24) is 4.98 Å². The highest BCUT2D eigenvalue weighted by atomic mass is 79.9. The van der Waals surface area contributed by atoms with Crippen molar-refractivity contribution in [1.29, 1.82) is 0 Å². The van der Waals surface area contributed by atoms with Gasteiger partial charge in [-0.2, -0.15) is 0 Å². The van der Waals surface area contributed by atoms with Crippen LogP contribution in [-0.4, -0.2) is 11.0 Å². The van der Waals surface area contributed by atoms with Crippen LogP contribution < -0.4 is 11.1 Å². The first kappa shape index (κ1) is 12.5. The molecule has 2 aromatic rings. The number of hydrogen-bond acceptors (Lipinski definition) is 3. The van der Waals surface area contributed by atoms with Gasteiger partial charge in [0.05, 0.1) is 11.2 Å². The molecular weight excluding hydrogens is 302 g/mol. The normalized spacial score (nSPS) is 18.7. The van der Waals surface area contributed by atoms with Crippen molar-refractivity contribution in [3.05, 3.63) is 41.0 Å². The van der Waals surface area contributed by atoms with Crippen LogP contribution in [0.5, 0.6) is 0 Å². The molecule has 98 valence electrons. The third-order valence-corrected chi connectivity index (χ3v) is 3.91. The number of benzene rings is 1. The maximum atomic E-state index is 6.03. The molecule has 0 amide bonds. The van der Waals surface area contributed by atoms with Crippen molar-refractivity contribution in [2.45, 2.75) is 25.3 Å². The summed E-state index contributed by atoms with van der Waals surface area (Å²) in [5.41, 5.74) is 8.80. The van der Waals surface area contributed by atoms with Gasteiger partial charge < -0.3 is 11.1 Å². The van der Waals surface area contributed by atoms with Crippen LogP contribution >= 0.6 is 15.9 Å². The first-order valence-corrected chi connectivity index (χ1v) is 7.28. The number of allylic oxidation sites excluding steroid dienone is 1. The van der Waals surface area contributed by atoms with Gasteiger partial charge in [0, 0.05) is 27.8 Å². The first-order valence-electron chi connectivity index (χ1n) is 6.49. The molecule has 0 aliphatic heterocycles. The second-order valence-corrected chi connectivity index (χ2v) is 5.79. The second-order valence-electron chi connectivity index (χ2n) is 4.88. The predicted octanol–water partition coefficient (Wildman–Crippen LogP) is 4.10. The first-order chi connectivity index (χ1) is 9.24. The highest BCUT2D eigenvalue weighted by Gasteiger charge is 2.12. The minimum absolute atomic E-state index is 0.488. The largest absolute Gasteiger partial charge is 0.398 e. The van der Waals surface area contributed by atoms with E-state index >= 15 is 0 Å². The Morgan fingerprint density at radius 3 is 3.00 bits per heavy atom. The molecule has 1 atom stereocenters. The van der Waals surface area contributed by atoms with Gasteiger partial charge >= 0.3 is 0 Å². The summed E-state index contributed by atoms with van der Waals surface area (Å²) >= 11 is 3.44. The molecule has 3 nitrogen and oxygen atoms in total. The quantitative estimate of drug-likeness (QED) is 0.647. The van der Waals surface area contributed by atoms with Crippen LogP contribution in [0.15, 0.2) is 41.0 Å². The average Bonchev–Trinajstić information content (AvgIpc) is 2.43. The standard InChI is InChI=1S/C15H16BrN3/c16-10-8-12-13(17)6-7-14(15(12)18-9-10)19-11-4-2-1-3-5-11/h1-2,6-9,11,19H,3-5,17H2. The summed E-state index contributed by atoms with van der Waals surface area (Å²) in [5.74, 6) is 0. The number of rotatable bonds is 2. The fraction of sp³-hybridized carbons (Fsp3) is 0.267. The van der Waals surface area contributed by atoms with E-state index in [2.05, 4.69) is 38.4 Å². The van der Waals surface area contributed by atoms with Gasteiger partial charge in [0.25, 0.3) is 0 Å². The van der Waals surface area contributed by atoms with Crippen molar-refractivity contribution in [3.8, 4) is 0 Å². The zero-order chi connectivity index (χ0) is 13.2. The Balaban J connectivity index is 1.99. The fourth-order valence-electron chi connectivity index (χ4n) is 2.48. The van der Waals surface area contributed by atoms with Gasteiger partial charge in [-0.15, -0.1) is 0 Å². The van der Waals surface area contributed by atoms with Gasteiger partial charge in [-0.25, -0.2) is 0 Å². The topological polar surface area (TPSA) is 50.9 Å². The molecule has 1 aromatic heterocycles. The Morgan fingerprint density at radius 1 is 1.32 bits per heavy atom. The number of pyridine rings is 1. The number of nitrogens with one attached hydrogen (secondary N) is 1. The number of hydrogen-bond donors (Lipinski definition) is 2. The van der Waals surface area contributed by atoms with Crippen LogP contribution in [0.3, 0.4) is 0 Å². The molecule has 1 unspecified atom stereocenters. The Bertz CT molecular complexity index is 637. The molecule has 0 spiro atoms. The molecule has 0 fully saturated rings. The van der Waals surface area contributed by atoms with Crippen LogP contribution in [0.2, 0.25) is 0 Å². The molecule has 0 bridgehead atoms. The lowest BCUT2D eigenvalue weighted by molar-refractivity contribution is 0.645. The van der Waals surface area contributed by atoms with E-state index in [1.807, 2.05) is 24.4 Å². The van der Waals surface area contributed by atoms with E-state index in [0.29, 0.717) is 6.04 Å². The zero-order valence-electron chi connectivity index (χ0n) is 10.6. The Kier molecular flexibility index (Phi) is 3.42. The molecule has 1 aliphatic carbocycles. The van der Waals surface area contributed by atoms with Gasteiger partial charge in [0.2, 0.25) is 0 Å². The molecule has 3 N–H and O–H groups in total. The Labute approximate surface area is 121 Å². The van der Waals surface area contributed by atoms with Crippen molar-refractivity contribution in [2.24, 2.45) is 0 Å². The average molecular weight is 318 g/mol. The Morgan fingerprint density at radius 2 is 2.21 bits per heavy atom. The van der Waals surface area contributed by atoms with Crippen molar-refractivity contribution in [3.63, 3.8) is 0 Å². The van der Waals surface area contributed by atoms with Crippen molar-refractivity contribution < 1.29 is 0 Å². The number of aromatic nitrogens is 1. The maximum Gasteiger partial charge on any atom is 0.0954 e. The summed E-state index contributed by atoms with van der Waals surface area (Å²) in [6, 6.07) is 6.47. The van der Waals surface area contributed by atoms with Crippen molar-refractivity contribution >= 4 is 38.2 Å². The van der Waals surface area contributed by atoms with Gasteiger partial charge in [0.15, 0.2) is 0 Å². The van der Waals surface area contributed by atoms with Crippen molar-refractivity contribution in [2.75, 3.05) is 11.1 Å². The Hall–Kier alpha value is -1.55. The SMILES string of the molecule is Nc1ccc(NC2CC=CCC2)c2ncc(Br)cc12. The summed E-state index contributed by atoms with van der Waals surface area (Å²) in [7, 11) is 0. The molecule has 1 heterocycles. The summed E-state index contributed by atoms with van der Waals surface area (Å²) in [6.07, 6.45) is 9.68. The maximum absolute atomic E-state index is 6.03. The number of nitrogens with two attached hydrogens (primary N) is 1. The number of nitrogen functional groups attached to an aromatic ring is 1. The summed E-state index contributed by atoms with van der Waals surface area (Å²) in [5, 5.41) is 4.58. The lowest BCUT2D eigenvalue weighted by Crippen LogP contribution is -2.20. The van der Waals surface area contributed by atoms with E-state index in [4.69, 9.17) is 5.73 Å². The smallest absolute Gasteiger partial charge is 0.0954 e. The third-order valence-electron chi connectivity index (χ3n) is 3.48. The minimum atomic E-state index is 0.488. The molecule has 0 saturated carbocycles. The van der Waals surface area contributed by atoms with Gasteiger partial charge in [-0.05, 0) is 53.4 Å². The van der Waals surface area contributed by atoms with E-state index < -0.39 is 0 Å². The van der Waals surface area contributed by atoms with E-state index in [9.17, 15) is 0 Å². The predicted molar refractivity (Wildman–Crippen MR) is 84.3 cm³/mol. The van der Waals surface area contributed by atoms with Crippen LogP contribution in [0.4, 0.5) is 11.4 Å². The molecule has 0 saturated heterocycles. The van der Waals surface area contributed by atoms with Gasteiger partial charge in [-0.1, -0.05) is 12.2 Å². The molecule has 1 aromatic carbocycles. The lowest BCUT2D eigenvalue weighted by Gasteiger charge is -2.21. The monoisotopic (exact) mass is 317 g/mol. The van der Waals surface area contributed by atoms with Crippen LogP contribution in [-0.2, 0) is 0 Å².